The van der Waals surface area contributed by atoms with Crippen LogP contribution in [0, 0.1) is 11.8 Å². The molecular formula is C13H24O. The van der Waals surface area contributed by atoms with E-state index in [4.69, 9.17) is 4.74 Å². The Labute approximate surface area is 88.9 Å². The molecule has 1 nitrogen and oxygen atoms in total. The first kappa shape index (κ1) is 13.3. The van der Waals surface area contributed by atoms with Crippen molar-refractivity contribution in [2.75, 3.05) is 6.61 Å². The SMILES string of the molecule is C=CC(=C)OCC(CC)CCC(C)C. The molecule has 0 aromatic heterocycles. The van der Waals surface area contributed by atoms with E-state index in [1.165, 1.54) is 19.3 Å². The number of rotatable bonds is 8. The highest BCUT2D eigenvalue weighted by atomic mass is 16.5. The van der Waals surface area contributed by atoms with Crippen LogP contribution < -0.4 is 0 Å². The zero-order valence-corrected chi connectivity index (χ0v) is 9.88. The molecule has 0 fully saturated rings. The summed E-state index contributed by atoms with van der Waals surface area (Å²) in [5.41, 5.74) is 0. The number of ether oxygens (including phenoxy) is 1. The summed E-state index contributed by atoms with van der Waals surface area (Å²) in [6.07, 6.45) is 5.37. The van der Waals surface area contributed by atoms with E-state index in [0.29, 0.717) is 11.7 Å². The van der Waals surface area contributed by atoms with Gasteiger partial charge in [-0.05, 0) is 24.3 Å². The van der Waals surface area contributed by atoms with Crippen LogP contribution in [0.4, 0.5) is 0 Å². The summed E-state index contributed by atoms with van der Waals surface area (Å²) in [4.78, 5) is 0. The van der Waals surface area contributed by atoms with Gasteiger partial charge in [-0.2, -0.15) is 0 Å². The number of allylic oxidation sites excluding steroid dienone is 1. The molecule has 1 unspecified atom stereocenters. The van der Waals surface area contributed by atoms with Gasteiger partial charge in [0.15, 0.2) is 0 Å². The molecule has 1 heteroatoms. The third kappa shape index (κ3) is 6.76. The Morgan fingerprint density at radius 2 is 2.00 bits per heavy atom. The molecule has 0 aromatic rings. The molecule has 14 heavy (non-hydrogen) atoms. The average Bonchev–Trinajstić information content (AvgIpc) is 2.17. The van der Waals surface area contributed by atoms with Crippen LogP contribution in [0.25, 0.3) is 0 Å². The molecule has 82 valence electrons. The van der Waals surface area contributed by atoms with Gasteiger partial charge in [-0.3, -0.25) is 0 Å². The Balaban J connectivity index is 3.68. The molecule has 0 radical (unpaired) electrons. The van der Waals surface area contributed by atoms with Crippen LogP contribution in [0.15, 0.2) is 25.0 Å². The lowest BCUT2D eigenvalue weighted by Gasteiger charge is -2.16. The van der Waals surface area contributed by atoms with Crippen molar-refractivity contribution < 1.29 is 4.74 Å². The fourth-order valence-corrected chi connectivity index (χ4v) is 1.26. The molecule has 0 aliphatic rings. The van der Waals surface area contributed by atoms with Gasteiger partial charge in [0, 0.05) is 0 Å². The van der Waals surface area contributed by atoms with Crippen molar-refractivity contribution >= 4 is 0 Å². The molecule has 0 spiro atoms. The summed E-state index contributed by atoms with van der Waals surface area (Å²) in [5.74, 6) is 2.13. The van der Waals surface area contributed by atoms with E-state index in [0.717, 1.165) is 12.5 Å². The van der Waals surface area contributed by atoms with Crippen LogP contribution in [0.2, 0.25) is 0 Å². The van der Waals surface area contributed by atoms with Crippen molar-refractivity contribution in [3.63, 3.8) is 0 Å². The van der Waals surface area contributed by atoms with Crippen LogP contribution in [0.3, 0.4) is 0 Å². The zero-order valence-electron chi connectivity index (χ0n) is 9.88. The Morgan fingerprint density at radius 3 is 2.43 bits per heavy atom. The van der Waals surface area contributed by atoms with Gasteiger partial charge < -0.3 is 4.74 Å². The standard InChI is InChI=1S/C13H24O/c1-6-12(5)14-10-13(7-2)9-8-11(3)4/h6,11,13H,1,5,7-10H2,2-4H3. The van der Waals surface area contributed by atoms with Crippen LogP contribution in [0.1, 0.15) is 40.0 Å². The highest BCUT2D eigenvalue weighted by molar-refractivity contribution is 5.01. The maximum absolute atomic E-state index is 5.46. The quantitative estimate of drug-likeness (QED) is 0.418. The molecule has 0 bridgehead atoms. The largest absolute Gasteiger partial charge is 0.494 e. The summed E-state index contributed by atoms with van der Waals surface area (Å²) >= 11 is 0. The monoisotopic (exact) mass is 196 g/mol. The molecule has 0 aromatic carbocycles. The van der Waals surface area contributed by atoms with Crippen molar-refractivity contribution in [3.8, 4) is 0 Å². The third-order valence-corrected chi connectivity index (χ3v) is 2.46. The molecular weight excluding hydrogens is 172 g/mol. The lowest BCUT2D eigenvalue weighted by atomic mass is 9.96. The summed E-state index contributed by atoms with van der Waals surface area (Å²) in [6, 6.07) is 0. The molecule has 0 aliphatic carbocycles. The maximum Gasteiger partial charge on any atom is 0.111 e. The van der Waals surface area contributed by atoms with Gasteiger partial charge in [0.1, 0.15) is 5.76 Å². The highest BCUT2D eigenvalue weighted by Crippen LogP contribution is 2.16. The molecule has 0 amide bonds. The normalized spacial score (nSPS) is 12.6. The van der Waals surface area contributed by atoms with Gasteiger partial charge in [0.25, 0.3) is 0 Å². The van der Waals surface area contributed by atoms with Gasteiger partial charge in [0.2, 0.25) is 0 Å². The highest BCUT2D eigenvalue weighted by Gasteiger charge is 2.08. The van der Waals surface area contributed by atoms with Crippen LogP contribution in [-0.4, -0.2) is 6.61 Å². The van der Waals surface area contributed by atoms with Gasteiger partial charge in [-0.1, -0.05) is 46.8 Å². The molecule has 0 rings (SSSR count). The number of hydrogen-bond donors (Lipinski definition) is 0. The Kier molecular flexibility index (Phi) is 7.27. The fraction of sp³-hybridized carbons (Fsp3) is 0.692. The Morgan fingerprint density at radius 1 is 1.36 bits per heavy atom. The van der Waals surface area contributed by atoms with Crippen LogP contribution in [-0.2, 0) is 4.74 Å². The van der Waals surface area contributed by atoms with Gasteiger partial charge in [-0.15, -0.1) is 0 Å². The topological polar surface area (TPSA) is 9.23 Å². The zero-order chi connectivity index (χ0) is 11.0. The smallest absolute Gasteiger partial charge is 0.111 e. The Hall–Kier alpha value is -0.720. The van der Waals surface area contributed by atoms with E-state index in [1.807, 2.05) is 0 Å². The van der Waals surface area contributed by atoms with Crippen molar-refractivity contribution in [1.82, 2.24) is 0 Å². The maximum atomic E-state index is 5.46. The predicted molar refractivity (Wildman–Crippen MR) is 63.1 cm³/mol. The summed E-state index contributed by atoms with van der Waals surface area (Å²) in [5, 5.41) is 0. The fourth-order valence-electron chi connectivity index (χ4n) is 1.26. The Bertz CT molecular complexity index is 170. The second-order valence-corrected chi connectivity index (χ2v) is 4.23. The lowest BCUT2D eigenvalue weighted by molar-refractivity contribution is 0.163. The minimum atomic E-state index is 0.661. The first-order chi connectivity index (χ1) is 6.60. The van der Waals surface area contributed by atoms with E-state index >= 15 is 0 Å². The van der Waals surface area contributed by atoms with Gasteiger partial charge in [0.05, 0.1) is 6.61 Å². The number of hydrogen-bond acceptors (Lipinski definition) is 1. The van der Waals surface area contributed by atoms with Crippen LogP contribution in [0.5, 0.6) is 0 Å². The van der Waals surface area contributed by atoms with E-state index in [-0.39, 0.29) is 0 Å². The second kappa shape index (κ2) is 7.66. The summed E-state index contributed by atoms with van der Waals surface area (Å²) in [7, 11) is 0. The van der Waals surface area contributed by atoms with Crippen molar-refractivity contribution in [1.29, 1.82) is 0 Å². The van der Waals surface area contributed by atoms with Crippen molar-refractivity contribution in [2.24, 2.45) is 11.8 Å². The van der Waals surface area contributed by atoms with Crippen molar-refractivity contribution in [2.45, 2.75) is 40.0 Å². The van der Waals surface area contributed by atoms with E-state index in [9.17, 15) is 0 Å². The second-order valence-electron chi connectivity index (χ2n) is 4.23. The molecule has 1 atom stereocenters. The summed E-state index contributed by atoms with van der Waals surface area (Å²) in [6.45, 7) is 14.9. The van der Waals surface area contributed by atoms with Gasteiger partial charge in [-0.25, -0.2) is 0 Å². The minimum absolute atomic E-state index is 0.661. The lowest BCUT2D eigenvalue weighted by Crippen LogP contribution is -2.09. The van der Waals surface area contributed by atoms with Crippen molar-refractivity contribution in [3.05, 3.63) is 25.0 Å². The molecule has 0 saturated carbocycles. The first-order valence-electron chi connectivity index (χ1n) is 5.54. The van der Waals surface area contributed by atoms with E-state index < -0.39 is 0 Å². The first-order valence-corrected chi connectivity index (χ1v) is 5.54. The molecule has 0 saturated heterocycles. The van der Waals surface area contributed by atoms with E-state index in [1.54, 1.807) is 6.08 Å². The predicted octanol–water partition coefficient (Wildman–Crippen LogP) is 4.17. The van der Waals surface area contributed by atoms with Crippen LogP contribution >= 0.6 is 0 Å². The average molecular weight is 196 g/mol. The van der Waals surface area contributed by atoms with E-state index in [2.05, 4.69) is 33.9 Å². The molecule has 0 heterocycles. The third-order valence-electron chi connectivity index (χ3n) is 2.46. The minimum Gasteiger partial charge on any atom is -0.494 e. The molecule has 0 aliphatic heterocycles. The van der Waals surface area contributed by atoms with Gasteiger partial charge >= 0.3 is 0 Å². The summed E-state index contributed by atoms with van der Waals surface area (Å²) < 4.78 is 5.46. The molecule has 0 N–H and O–H groups in total.